The average Bonchev–Trinajstić information content (AvgIpc) is 1.16. The normalized spacial score (nSPS) is 20.3. The fourth-order valence-electron chi connectivity index (χ4n) is 11.9. The van der Waals surface area contributed by atoms with E-state index in [0.29, 0.717) is 18.4 Å². The van der Waals surface area contributed by atoms with Crippen LogP contribution in [0.5, 0.6) is 0 Å². The molecule has 1 saturated heterocycles. The minimum atomic E-state index is -1.85. The Labute approximate surface area is 676 Å². The summed E-state index contributed by atoms with van der Waals surface area (Å²) in [6.07, 6.45) is -10.9. The number of alkyl carbamates (subject to hydrolysis) is 4. The van der Waals surface area contributed by atoms with Crippen LogP contribution in [0.25, 0.3) is 0 Å². The predicted molar refractivity (Wildman–Crippen MR) is 423 cm³/mol. The largest absolute Gasteiger partial charge is 0.463 e. The Balaban J connectivity index is 3.07. The fraction of sp³-hybridized carbons (Fsp3) is 0.725. The molecule has 2 rings (SSSR count). The molecule has 650 valence electrons. The van der Waals surface area contributed by atoms with Gasteiger partial charge >= 0.3 is 30.3 Å². The molecular weight excluding hydrogens is 1500 g/mol. The molecule has 0 bridgehead atoms. The van der Waals surface area contributed by atoms with Crippen LogP contribution < -0.4 is 63.8 Å². The van der Waals surface area contributed by atoms with E-state index in [1.807, 2.05) is 6.92 Å². The van der Waals surface area contributed by atoms with Crippen molar-refractivity contribution in [3.05, 3.63) is 35.9 Å². The highest BCUT2D eigenvalue weighted by Gasteiger charge is 2.39. The summed E-state index contributed by atoms with van der Waals surface area (Å²) in [5, 5.41) is 53.7. The fourth-order valence-corrected chi connectivity index (χ4v) is 11.9. The number of ether oxygens (including phenoxy) is 5. The van der Waals surface area contributed by atoms with Gasteiger partial charge in [-0.2, -0.15) is 0 Å². The van der Waals surface area contributed by atoms with Crippen molar-refractivity contribution in [2.75, 3.05) is 32.7 Å². The Hall–Kier alpha value is -9.54. The van der Waals surface area contributed by atoms with Crippen molar-refractivity contribution in [3.63, 3.8) is 0 Å². The van der Waals surface area contributed by atoms with Crippen LogP contribution in [0.15, 0.2) is 30.3 Å². The highest BCUT2D eigenvalue weighted by atomic mass is 16.6. The number of ketones is 3. The van der Waals surface area contributed by atoms with Crippen molar-refractivity contribution in [1.82, 2.24) is 63.8 Å². The number of carbonyl (C=O) groups is 16. The number of benzene rings is 1. The molecule has 1 aromatic carbocycles. The molecule has 2 unspecified atom stereocenters. The summed E-state index contributed by atoms with van der Waals surface area (Å²) >= 11 is 0. The van der Waals surface area contributed by atoms with Gasteiger partial charge in [-0.25, -0.2) is 19.2 Å². The third-order valence-corrected chi connectivity index (χ3v) is 17.5. The molecule has 1 fully saturated rings. The maximum absolute atomic E-state index is 15.4. The number of esters is 1. The number of rotatable bonds is 35. The highest BCUT2D eigenvalue weighted by molar-refractivity contribution is 5.99. The van der Waals surface area contributed by atoms with Gasteiger partial charge in [0, 0.05) is 76.7 Å². The summed E-state index contributed by atoms with van der Waals surface area (Å²) in [5.74, 6) is -16.0. The molecule has 12 amide bonds. The van der Waals surface area contributed by atoms with E-state index < -0.39 is 248 Å². The zero-order valence-electron chi connectivity index (χ0n) is 70.8. The lowest BCUT2D eigenvalue weighted by atomic mass is 9.90. The lowest BCUT2D eigenvalue weighted by Crippen LogP contribution is -2.59. The maximum Gasteiger partial charge on any atom is 0.407 e. The molecule has 1 aliphatic heterocycles. The number of hydrogen-bond acceptors (Lipinski definition) is 23. The molecule has 0 radical (unpaired) electrons. The van der Waals surface area contributed by atoms with Gasteiger partial charge in [0.1, 0.15) is 46.6 Å². The molecule has 35 nitrogen and oxygen atoms in total. The summed E-state index contributed by atoms with van der Waals surface area (Å²) in [6.45, 7) is 28.5. The lowest BCUT2D eigenvalue weighted by molar-refractivity contribution is -0.149. The SMILES string of the molecule is CCC[C@H](NC(=O)CCC(=O)O[C@@H](C)CCC)C(=O)C[C@H](C(=O)N[C@@H](CCNC(=O)OC(C)(C)C)C(=O)C[C@H]1CCNC(=O)[C@H](C(C)O)NC(=O)[C@H](CCNC(=O)OC(C)(C)C)CC(=O)[C@H](CCNC(=O)OC(C)(C)C)NC(=O)[C@H](CC(C)C)NC(=O)[C@@H](Cc2ccccc2)NC(=O)[C@H](CCNC(=O)OC(C)(C)C)NC1=O)C(C)O. The summed E-state index contributed by atoms with van der Waals surface area (Å²) in [7, 11) is 0. The zero-order valence-corrected chi connectivity index (χ0v) is 70.8. The summed E-state index contributed by atoms with van der Waals surface area (Å²) in [5.41, 5.74) is -3.45. The van der Waals surface area contributed by atoms with Gasteiger partial charge in [-0.05, 0) is 167 Å². The second kappa shape index (κ2) is 49.4. The van der Waals surface area contributed by atoms with Gasteiger partial charge in [0.2, 0.25) is 47.3 Å². The first-order valence-corrected chi connectivity index (χ1v) is 39.8. The highest BCUT2D eigenvalue weighted by Crippen LogP contribution is 2.22. The number of carbonyl (C=O) groups excluding carboxylic acids is 16. The van der Waals surface area contributed by atoms with Crippen molar-refractivity contribution < 1.29 is 111 Å². The third kappa shape index (κ3) is 43.1. The minimum absolute atomic E-state index is 0.0809. The van der Waals surface area contributed by atoms with E-state index in [1.165, 1.54) is 6.92 Å². The number of aliphatic hydroxyl groups is 2. The second-order valence-corrected chi connectivity index (χ2v) is 33.6. The van der Waals surface area contributed by atoms with Gasteiger partial charge in [-0.3, -0.25) is 57.5 Å². The topological polar surface area (TPSA) is 504 Å². The van der Waals surface area contributed by atoms with Crippen molar-refractivity contribution in [3.8, 4) is 0 Å². The summed E-state index contributed by atoms with van der Waals surface area (Å²) in [4.78, 5) is 227. The quantitative estimate of drug-likeness (QED) is 0.0325. The first-order valence-electron chi connectivity index (χ1n) is 39.8. The Morgan fingerprint density at radius 1 is 0.504 bits per heavy atom. The molecule has 0 aromatic heterocycles. The van der Waals surface area contributed by atoms with Crippen molar-refractivity contribution in [2.24, 2.45) is 23.7 Å². The molecule has 115 heavy (non-hydrogen) atoms. The number of Topliss-reactive ketones (excluding diaryl/α,β-unsaturated/α-hetero) is 3. The van der Waals surface area contributed by atoms with E-state index in [-0.39, 0.29) is 70.1 Å². The molecule has 13 atom stereocenters. The molecule has 0 spiro atoms. The van der Waals surface area contributed by atoms with Crippen LogP contribution in [-0.2, 0) is 87.6 Å². The van der Waals surface area contributed by atoms with Gasteiger partial charge < -0.3 is 97.7 Å². The van der Waals surface area contributed by atoms with Gasteiger partial charge in [0.25, 0.3) is 0 Å². The van der Waals surface area contributed by atoms with Crippen LogP contribution in [0.3, 0.4) is 0 Å². The van der Waals surface area contributed by atoms with Crippen LogP contribution in [0.2, 0.25) is 0 Å². The van der Waals surface area contributed by atoms with Crippen molar-refractivity contribution in [1.29, 1.82) is 0 Å². The van der Waals surface area contributed by atoms with Gasteiger partial charge in [0.05, 0.1) is 48.8 Å². The van der Waals surface area contributed by atoms with E-state index in [1.54, 1.807) is 141 Å². The van der Waals surface area contributed by atoms with Gasteiger partial charge in [-0.15, -0.1) is 0 Å². The smallest absolute Gasteiger partial charge is 0.407 e. The summed E-state index contributed by atoms with van der Waals surface area (Å²) < 4.78 is 27.0. The number of hydrogen-bond donors (Lipinski definition) is 14. The number of nitrogens with one attached hydrogen (secondary N) is 12. The molecular formula is C80H132N12O23. The molecule has 1 heterocycles. The van der Waals surface area contributed by atoms with E-state index in [0.717, 1.165) is 13.3 Å². The van der Waals surface area contributed by atoms with Crippen LogP contribution in [-0.4, -0.2) is 221 Å². The van der Waals surface area contributed by atoms with Gasteiger partial charge in [0.15, 0.2) is 17.3 Å². The van der Waals surface area contributed by atoms with Crippen molar-refractivity contribution in [2.45, 2.75) is 317 Å². The zero-order chi connectivity index (χ0) is 87.3. The third-order valence-electron chi connectivity index (χ3n) is 17.5. The monoisotopic (exact) mass is 1630 g/mol. The Bertz CT molecular complexity index is 3400. The second-order valence-electron chi connectivity index (χ2n) is 33.6. The molecule has 35 heteroatoms. The Kier molecular flexibility index (Phi) is 43.6. The Morgan fingerprint density at radius 2 is 0.965 bits per heavy atom. The maximum atomic E-state index is 15.4. The minimum Gasteiger partial charge on any atom is -0.463 e. The molecule has 0 saturated carbocycles. The Morgan fingerprint density at radius 3 is 1.47 bits per heavy atom. The van der Waals surface area contributed by atoms with Crippen LogP contribution in [0.4, 0.5) is 19.2 Å². The van der Waals surface area contributed by atoms with E-state index in [2.05, 4.69) is 63.8 Å². The number of amides is 12. The van der Waals surface area contributed by atoms with Crippen molar-refractivity contribution >= 4 is 94.9 Å². The summed E-state index contributed by atoms with van der Waals surface area (Å²) in [6, 6.07) is -2.78. The number of aliphatic hydroxyl groups excluding tert-OH is 2. The predicted octanol–water partition coefficient (Wildman–Crippen LogP) is 4.65. The standard InChI is InChI=1S/C80H132N12O23/c1-20-25-47(5)111-64(99)30-29-63(98)86-54(26-21-2)62(97)45-53(48(6)93)68(102)87-55(33-38-83-74(108)113-78(11,12)13)60(95)43-51-31-36-81-72(106)65(49(7)94)92-67(101)52(32-37-82-73(107)112-77(8,9)10)44-61(96)56(34-39-84-75(109)114-79(14,15)16)88-70(104)58(41-46(3)4)90-71(105)59(42-50-27-23-22-24-28-50)91-69(103)57(89-66(51)100)35-40-85-76(110)115-80(17,18)19/h22-24,27-28,46-49,51-59,65,93-94H,20-21,25-26,29-45H2,1-19H3,(H,81,106)(H,82,107)(H,83,108)(H,84,109)(H,85,110)(H,86,98)(H,87,102)(H,88,104)(H,89,100)(H,90,105)(H,91,103)(H,92,101)/t47-,48?,49?,51+,52+,53-,54-,55-,56-,57-,58-,59+,65-/m0/s1. The lowest BCUT2D eigenvalue weighted by Gasteiger charge is -2.28. The molecule has 1 aliphatic rings. The molecule has 1 aromatic rings. The van der Waals surface area contributed by atoms with E-state index in [4.69, 9.17) is 23.7 Å². The first-order chi connectivity index (χ1) is 53.4. The van der Waals surface area contributed by atoms with Gasteiger partial charge in [-0.1, -0.05) is 70.9 Å². The van der Waals surface area contributed by atoms with Crippen LogP contribution >= 0.6 is 0 Å². The van der Waals surface area contributed by atoms with Crippen LogP contribution in [0, 0.1) is 23.7 Å². The van der Waals surface area contributed by atoms with Crippen LogP contribution in [0.1, 0.15) is 233 Å². The molecule has 14 N–H and O–H groups in total. The average molecular weight is 1630 g/mol. The van der Waals surface area contributed by atoms with E-state index in [9.17, 15) is 67.7 Å². The molecule has 0 aliphatic carbocycles. The first kappa shape index (κ1) is 102. The van der Waals surface area contributed by atoms with E-state index >= 15 is 19.2 Å².